The third kappa shape index (κ3) is 2.58. The molecule has 2 aromatic carbocycles. The van der Waals surface area contributed by atoms with E-state index in [0.717, 1.165) is 12.0 Å². The van der Waals surface area contributed by atoms with Crippen molar-refractivity contribution in [3.8, 4) is 11.1 Å². The maximum absolute atomic E-state index is 13.8. The Kier molecular flexibility index (Phi) is 3.75. The Bertz CT molecular complexity index is 559. The van der Waals surface area contributed by atoms with Crippen molar-refractivity contribution in [2.45, 2.75) is 26.7 Å². The second-order valence-electron chi connectivity index (χ2n) is 4.54. The van der Waals surface area contributed by atoms with Gasteiger partial charge < -0.3 is 0 Å². The van der Waals surface area contributed by atoms with Crippen molar-refractivity contribution in [2.75, 3.05) is 0 Å². The molecule has 0 aliphatic rings. The van der Waals surface area contributed by atoms with Crippen LogP contribution in [0.2, 0.25) is 0 Å². The predicted molar refractivity (Wildman–Crippen MR) is 70.5 cm³/mol. The van der Waals surface area contributed by atoms with E-state index in [1.54, 1.807) is 18.2 Å². The molecule has 94 valence electrons. The van der Waals surface area contributed by atoms with Gasteiger partial charge >= 0.3 is 0 Å². The molecule has 0 aliphatic heterocycles. The molecule has 2 heteroatoms. The van der Waals surface area contributed by atoms with Crippen molar-refractivity contribution < 1.29 is 8.78 Å². The van der Waals surface area contributed by atoms with Gasteiger partial charge in [-0.3, -0.25) is 0 Å². The van der Waals surface area contributed by atoms with Gasteiger partial charge in [-0.2, -0.15) is 0 Å². The van der Waals surface area contributed by atoms with Crippen molar-refractivity contribution >= 4 is 0 Å². The predicted octanol–water partition coefficient (Wildman–Crippen LogP) is 4.89. The lowest BCUT2D eigenvalue weighted by Gasteiger charge is -2.07. The first-order valence-electron chi connectivity index (χ1n) is 6.16. The Hall–Kier alpha value is -1.70. The van der Waals surface area contributed by atoms with Crippen LogP contribution < -0.4 is 0 Å². The normalized spacial score (nSPS) is 10.7. The number of aryl methyl sites for hydroxylation is 2. The minimum atomic E-state index is -0.308. The summed E-state index contributed by atoms with van der Waals surface area (Å²) in [5, 5.41) is 0. The highest BCUT2D eigenvalue weighted by atomic mass is 19.1. The van der Waals surface area contributed by atoms with Crippen molar-refractivity contribution in [1.82, 2.24) is 0 Å². The van der Waals surface area contributed by atoms with E-state index in [-0.39, 0.29) is 11.6 Å². The van der Waals surface area contributed by atoms with Gasteiger partial charge in [0.15, 0.2) is 0 Å². The zero-order chi connectivity index (χ0) is 13.1. The standard InChI is InChI=1S/C16H16F2/c1-3-4-12-6-7-13(10-15(12)17)14-8-5-11(2)9-16(14)18/h5-10H,3-4H2,1-2H3. The molecule has 0 saturated heterocycles. The smallest absolute Gasteiger partial charge is 0.131 e. The first kappa shape index (κ1) is 12.7. The van der Waals surface area contributed by atoms with Crippen molar-refractivity contribution in [3.05, 3.63) is 59.2 Å². The van der Waals surface area contributed by atoms with E-state index in [9.17, 15) is 8.78 Å². The summed E-state index contributed by atoms with van der Waals surface area (Å²) in [4.78, 5) is 0. The summed E-state index contributed by atoms with van der Waals surface area (Å²) in [6.07, 6.45) is 1.61. The summed E-state index contributed by atoms with van der Waals surface area (Å²) < 4.78 is 27.6. The summed E-state index contributed by atoms with van der Waals surface area (Å²) in [5.74, 6) is -0.563. The molecular formula is C16H16F2. The molecular weight excluding hydrogens is 230 g/mol. The Labute approximate surface area is 106 Å². The number of hydrogen-bond acceptors (Lipinski definition) is 0. The van der Waals surface area contributed by atoms with Gasteiger partial charge in [0.2, 0.25) is 0 Å². The zero-order valence-corrected chi connectivity index (χ0v) is 10.6. The number of hydrogen-bond donors (Lipinski definition) is 0. The summed E-state index contributed by atoms with van der Waals surface area (Å²) >= 11 is 0. The van der Waals surface area contributed by atoms with E-state index < -0.39 is 0 Å². The van der Waals surface area contributed by atoms with Crippen LogP contribution in [0.1, 0.15) is 24.5 Å². The van der Waals surface area contributed by atoms with Crippen LogP contribution in [0.5, 0.6) is 0 Å². The van der Waals surface area contributed by atoms with Crippen LogP contribution >= 0.6 is 0 Å². The molecule has 0 unspecified atom stereocenters. The molecule has 2 rings (SSSR count). The number of benzene rings is 2. The monoisotopic (exact) mass is 246 g/mol. The third-order valence-electron chi connectivity index (χ3n) is 3.01. The van der Waals surface area contributed by atoms with Crippen LogP contribution in [0.3, 0.4) is 0 Å². The van der Waals surface area contributed by atoms with Gasteiger partial charge in [-0.15, -0.1) is 0 Å². The van der Waals surface area contributed by atoms with Gasteiger partial charge in [-0.25, -0.2) is 8.78 Å². The van der Waals surface area contributed by atoms with Crippen LogP contribution in [0.15, 0.2) is 36.4 Å². The molecule has 0 saturated carbocycles. The molecule has 0 atom stereocenters. The summed E-state index contributed by atoms with van der Waals surface area (Å²) in [6.45, 7) is 3.84. The van der Waals surface area contributed by atoms with Crippen LogP contribution in [-0.4, -0.2) is 0 Å². The number of rotatable bonds is 3. The molecule has 0 aromatic heterocycles. The lowest BCUT2D eigenvalue weighted by molar-refractivity contribution is 0.607. The van der Waals surface area contributed by atoms with E-state index in [0.29, 0.717) is 23.1 Å². The molecule has 0 amide bonds. The molecule has 0 nitrogen and oxygen atoms in total. The van der Waals surface area contributed by atoms with Crippen LogP contribution in [0.25, 0.3) is 11.1 Å². The lowest BCUT2D eigenvalue weighted by Crippen LogP contribution is -1.92. The molecule has 18 heavy (non-hydrogen) atoms. The van der Waals surface area contributed by atoms with Crippen molar-refractivity contribution in [2.24, 2.45) is 0 Å². The highest BCUT2D eigenvalue weighted by molar-refractivity contribution is 5.65. The molecule has 2 aromatic rings. The Morgan fingerprint density at radius 3 is 2.33 bits per heavy atom. The molecule has 0 fully saturated rings. The summed E-state index contributed by atoms with van der Waals surface area (Å²) in [6, 6.07) is 9.93. The third-order valence-corrected chi connectivity index (χ3v) is 3.01. The molecule has 0 spiro atoms. The van der Waals surface area contributed by atoms with Crippen LogP contribution in [-0.2, 0) is 6.42 Å². The Morgan fingerprint density at radius 1 is 0.944 bits per heavy atom. The maximum atomic E-state index is 13.8. The fourth-order valence-electron chi connectivity index (χ4n) is 2.04. The summed E-state index contributed by atoms with van der Waals surface area (Å²) in [5.41, 5.74) is 2.58. The average Bonchev–Trinajstić information content (AvgIpc) is 2.32. The minimum absolute atomic E-state index is 0.255. The Balaban J connectivity index is 2.42. The molecule has 0 aliphatic carbocycles. The van der Waals surface area contributed by atoms with E-state index in [1.807, 2.05) is 19.9 Å². The van der Waals surface area contributed by atoms with E-state index in [2.05, 4.69) is 0 Å². The zero-order valence-electron chi connectivity index (χ0n) is 10.6. The largest absolute Gasteiger partial charge is 0.207 e. The van der Waals surface area contributed by atoms with E-state index in [1.165, 1.54) is 12.1 Å². The molecule has 0 radical (unpaired) electrons. The highest BCUT2D eigenvalue weighted by Gasteiger charge is 2.08. The molecule has 0 N–H and O–H groups in total. The second-order valence-corrected chi connectivity index (χ2v) is 4.54. The fourth-order valence-corrected chi connectivity index (χ4v) is 2.04. The van der Waals surface area contributed by atoms with Crippen LogP contribution in [0, 0.1) is 18.6 Å². The van der Waals surface area contributed by atoms with Gasteiger partial charge in [0, 0.05) is 5.56 Å². The van der Waals surface area contributed by atoms with Crippen molar-refractivity contribution in [3.63, 3.8) is 0 Å². The summed E-state index contributed by atoms with van der Waals surface area (Å²) in [7, 11) is 0. The van der Waals surface area contributed by atoms with Gasteiger partial charge in [-0.05, 0) is 42.2 Å². The van der Waals surface area contributed by atoms with Gasteiger partial charge in [0.05, 0.1) is 0 Å². The van der Waals surface area contributed by atoms with Crippen molar-refractivity contribution in [1.29, 1.82) is 0 Å². The maximum Gasteiger partial charge on any atom is 0.131 e. The van der Waals surface area contributed by atoms with Gasteiger partial charge in [0.1, 0.15) is 11.6 Å². The first-order valence-corrected chi connectivity index (χ1v) is 6.16. The number of halogens is 2. The topological polar surface area (TPSA) is 0 Å². The van der Waals surface area contributed by atoms with E-state index in [4.69, 9.17) is 0 Å². The fraction of sp³-hybridized carbons (Fsp3) is 0.250. The lowest BCUT2D eigenvalue weighted by atomic mass is 10.0. The van der Waals surface area contributed by atoms with Gasteiger partial charge in [0.25, 0.3) is 0 Å². The Morgan fingerprint density at radius 2 is 1.72 bits per heavy atom. The highest BCUT2D eigenvalue weighted by Crippen LogP contribution is 2.25. The SMILES string of the molecule is CCCc1ccc(-c2ccc(C)cc2F)cc1F. The van der Waals surface area contributed by atoms with Gasteiger partial charge in [-0.1, -0.05) is 37.6 Å². The molecule has 0 heterocycles. The second kappa shape index (κ2) is 5.30. The first-order chi connectivity index (χ1) is 8.61. The minimum Gasteiger partial charge on any atom is -0.207 e. The van der Waals surface area contributed by atoms with E-state index >= 15 is 0 Å². The average molecular weight is 246 g/mol. The van der Waals surface area contributed by atoms with Crippen LogP contribution in [0.4, 0.5) is 8.78 Å². The quantitative estimate of drug-likeness (QED) is 0.723. The molecule has 0 bridgehead atoms.